The summed E-state index contributed by atoms with van der Waals surface area (Å²) in [5.41, 5.74) is 7.63. The van der Waals surface area contributed by atoms with E-state index in [0.29, 0.717) is 6.54 Å². The smallest absolute Gasteiger partial charge is 0.328 e. The standard InChI is InChI=1S/C23H32N8O5/c24-23-30-29-21(36-23)20(33)28-17(22(34)35)12-26-19(32)15-5-2-10-31(13-15)11-3-6-16-8-7-14-4-1-9-25-18(14)27-16/h7-8,15,17H,1-6,9-13H2,(H2,24,30)(H,25,27)(H,26,32)(H,28,33)(H,34,35)/t15-,17+/m1/s1. The maximum Gasteiger partial charge on any atom is 0.328 e. The van der Waals surface area contributed by atoms with Crippen LogP contribution in [0, 0.1) is 5.92 Å². The zero-order chi connectivity index (χ0) is 25.5. The maximum absolute atomic E-state index is 12.7. The van der Waals surface area contributed by atoms with Gasteiger partial charge in [0.05, 0.1) is 5.92 Å². The van der Waals surface area contributed by atoms with E-state index in [1.54, 1.807) is 0 Å². The van der Waals surface area contributed by atoms with Gasteiger partial charge in [-0.2, -0.15) is 0 Å². The molecular weight excluding hydrogens is 468 g/mol. The third-order valence-electron chi connectivity index (χ3n) is 6.45. The van der Waals surface area contributed by atoms with E-state index in [2.05, 4.69) is 43.2 Å². The van der Waals surface area contributed by atoms with Crippen molar-refractivity contribution in [3.8, 4) is 0 Å². The highest BCUT2D eigenvalue weighted by molar-refractivity contribution is 5.93. The number of aliphatic carboxylic acids is 1. The monoisotopic (exact) mass is 500 g/mol. The lowest BCUT2D eigenvalue weighted by atomic mass is 9.96. The van der Waals surface area contributed by atoms with Crippen LogP contribution >= 0.6 is 0 Å². The first-order valence-corrected chi connectivity index (χ1v) is 12.2. The van der Waals surface area contributed by atoms with Gasteiger partial charge in [-0.15, -0.1) is 5.10 Å². The number of aromatic nitrogens is 3. The molecule has 0 unspecified atom stereocenters. The Bertz CT molecular complexity index is 1090. The molecule has 2 aliphatic rings. The number of nitrogens with zero attached hydrogens (tertiary/aromatic N) is 4. The number of nitrogens with one attached hydrogen (secondary N) is 3. The molecule has 2 atom stereocenters. The van der Waals surface area contributed by atoms with Gasteiger partial charge in [0, 0.05) is 25.3 Å². The molecule has 2 aromatic rings. The van der Waals surface area contributed by atoms with Crippen LogP contribution in [0.5, 0.6) is 0 Å². The molecular formula is C23H32N8O5. The Labute approximate surface area is 208 Å². The number of carboxylic acid groups (broad SMARTS) is 1. The molecule has 36 heavy (non-hydrogen) atoms. The predicted octanol–water partition coefficient (Wildman–Crippen LogP) is 0.0489. The highest BCUT2D eigenvalue weighted by Crippen LogP contribution is 2.21. The minimum Gasteiger partial charge on any atom is -0.480 e. The molecule has 13 heteroatoms. The number of likely N-dealkylation sites (tertiary alicyclic amines) is 1. The van der Waals surface area contributed by atoms with Crippen molar-refractivity contribution >= 4 is 29.6 Å². The maximum atomic E-state index is 12.7. The summed E-state index contributed by atoms with van der Waals surface area (Å²) < 4.78 is 4.79. The van der Waals surface area contributed by atoms with E-state index >= 15 is 0 Å². The fourth-order valence-corrected chi connectivity index (χ4v) is 4.56. The van der Waals surface area contributed by atoms with Crippen LogP contribution in [-0.2, 0) is 22.4 Å². The summed E-state index contributed by atoms with van der Waals surface area (Å²) >= 11 is 0. The topological polar surface area (TPSA) is 189 Å². The quantitative estimate of drug-likeness (QED) is 0.296. The molecule has 0 radical (unpaired) electrons. The van der Waals surface area contributed by atoms with Gasteiger partial charge in [-0.3, -0.25) is 9.59 Å². The van der Waals surface area contributed by atoms with Crippen LogP contribution in [0.1, 0.15) is 47.6 Å². The fourth-order valence-electron chi connectivity index (χ4n) is 4.56. The van der Waals surface area contributed by atoms with E-state index in [1.807, 2.05) is 0 Å². The number of amides is 2. The second-order valence-corrected chi connectivity index (χ2v) is 9.14. The number of anilines is 2. The first-order valence-electron chi connectivity index (χ1n) is 12.2. The Morgan fingerprint density at radius 3 is 2.92 bits per heavy atom. The van der Waals surface area contributed by atoms with Gasteiger partial charge in [0.15, 0.2) is 0 Å². The second kappa shape index (κ2) is 11.8. The second-order valence-electron chi connectivity index (χ2n) is 9.14. The van der Waals surface area contributed by atoms with Crippen molar-refractivity contribution in [3.63, 3.8) is 0 Å². The third-order valence-corrected chi connectivity index (χ3v) is 6.45. The minimum atomic E-state index is -1.35. The van der Waals surface area contributed by atoms with Crippen molar-refractivity contribution < 1.29 is 23.9 Å². The van der Waals surface area contributed by atoms with Crippen molar-refractivity contribution in [2.24, 2.45) is 5.92 Å². The Kier molecular flexibility index (Phi) is 8.31. The van der Waals surface area contributed by atoms with Crippen LogP contribution < -0.4 is 21.7 Å². The van der Waals surface area contributed by atoms with Crippen LogP contribution in [0.25, 0.3) is 0 Å². The number of piperidine rings is 1. The van der Waals surface area contributed by atoms with E-state index in [9.17, 15) is 19.5 Å². The average Bonchev–Trinajstić information content (AvgIpc) is 3.32. The first-order chi connectivity index (χ1) is 17.4. The molecule has 0 saturated carbocycles. The SMILES string of the molecule is Nc1nnc(C(=O)N[C@@H](CNC(=O)[C@@H]2CCCN(CCCc3ccc4c(n3)NCCC4)C2)C(=O)O)o1. The lowest BCUT2D eigenvalue weighted by Gasteiger charge is -2.32. The van der Waals surface area contributed by atoms with Crippen LogP contribution in [-0.4, -0.2) is 81.7 Å². The molecule has 0 aromatic carbocycles. The molecule has 13 nitrogen and oxygen atoms in total. The minimum absolute atomic E-state index is 0.232. The number of nitrogens with two attached hydrogens (primary N) is 1. The molecule has 6 N–H and O–H groups in total. The first kappa shape index (κ1) is 25.4. The van der Waals surface area contributed by atoms with Gasteiger partial charge >= 0.3 is 23.8 Å². The number of pyridine rings is 1. The van der Waals surface area contributed by atoms with Crippen molar-refractivity contribution in [1.82, 2.24) is 30.7 Å². The molecule has 194 valence electrons. The van der Waals surface area contributed by atoms with E-state index in [4.69, 9.17) is 15.1 Å². The number of hydrogen-bond donors (Lipinski definition) is 5. The Morgan fingerprint density at radius 2 is 2.14 bits per heavy atom. The molecule has 0 spiro atoms. The van der Waals surface area contributed by atoms with E-state index in [-0.39, 0.29) is 24.4 Å². The number of aryl methyl sites for hydroxylation is 2. The normalized spacial score (nSPS) is 18.5. The summed E-state index contributed by atoms with van der Waals surface area (Å²) in [4.78, 5) is 43.4. The molecule has 4 rings (SSSR count). The zero-order valence-corrected chi connectivity index (χ0v) is 20.0. The molecule has 2 aromatic heterocycles. The molecule has 1 fully saturated rings. The van der Waals surface area contributed by atoms with Gasteiger partial charge in [-0.05, 0) is 63.2 Å². The molecule has 2 amide bonds. The summed E-state index contributed by atoms with van der Waals surface area (Å²) in [5.74, 6) is -2.10. The van der Waals surface area contributed by atoms with Gasteiger partial charge in [-0.25, -0.2) is 9.78 Å². The number of rotatable bonds is 10. The number of carboxylic acids is 1. The number of fused-ring (bicyclic) bond motifs is 1. The fraction of sp³-hybridized carbons (Fsp3) is 0.565. The molecule has 0 bridgehead atoms. The van der Waals surface area contributed by atoms with Crippen molar-refractivity contribution in [1.29, 1.82) is 0 Å². The van der Waals surface area contributed by atoms with Crippen molar-refractivity contribution in [3.05, 3.63) is 29.3 Å². The van der Waals surface area contributed by atoms with Crippen molar-refractivity contribution in [2.75, 3.05) is 43.8 Å². The van der Waals surface area contributed by atoms with Crippen LogP contribution in [0.4, 0.5) is 11.8 Å². The Hall–Kier alpha value is -3.74. The number of carbonyl (C=O) groups excluding carboxylic acids is 2. The zero-order valence-electron chi connectivity index (χ0n) is 20.0. The van der Waals surface area contributed by atoms with Crippen LogP contribution in [0.3, 0.4) is 0 Å². The van der Waals surface area contributed by atoms with Crippen molar-refractivity contribution in [2.45, 2.75) is 44.6 Å². The Morgan fingerprint density at radius 1 is 1.28 bits per heavy atom. The van der Waals surface area contributed by atoms with Crippen LogP contribution in [0.15, 0.2) is 16.5 Å². The summed E-state index contributed by atoms with van der Waals surface area (Å²) in [5, 5.41) is 24.5. The van der Waals surface area contributed by atoms with E-state index < -0.39 is 23.8 Å². The van der Waals surface area contributed by atoms with Gasteiger partial charge < -0.3 is 36.1 Å². The number of hydrogen-bond acceptors (Lipinski definition) is 10. The molecule has 0 aliphatic carbocycles. The van der Waals surface area contributed by atoms with Crippen LogP contribution in [0.2, 0.25) is 0 Å². The summed E-state index contributed by atoms with van der Waals surface area (Å²) in [6.45, 7) is 3.09. The van der Waals surface area contributed by atoms with Gasteiger partial charge in [0.25, 0.3) is 0 Å². The molecule has 2 aliphatic heterocycles. The summed E-state index contributed by atoms with van der Waals surface area (Å²) in [6.07, 6.45) is 5.63. The summed E-state index contributed by atoms with van der Waals surface area (Å²) in [7, 11) is 0. The summed E-state index contributed by atoms with van der Waals surface area (Å²) in [6, 6.07) is 2.60. The molecule has 4 heterocycles. The van der Waals surface area contributed by atoms with Gasteiger partial charge in [0.2, 0.25) is 5.91 Å². The highest BCUT2D eigenvalue weighted by Gasteiger charge is 2.28. The lowest BCUT2D eigenvalue weighted by molar-refractivity contribution is -0.139. The van der Waals surface area contributed by atoms with E-state index in [0.717, 1.165) is 69.7 Å². The molecule has 1 saturated heterocycles. The van der Waals surface area contributed by atoms with Gasteiger partial charge in [-0.1, -0.05) is 11.2 Å². The highest BCUT2D eigenvalue weighted by atomic mass is 16.4. The lowest BCUT2D eigenvalue weighted by Crippen LogP contribution is -2.51. The number of nitrogen functional groups attached to an aromatic ring is 1. The number of carbonyl (C=O) groups is 3. The average molecular weight is 501 g/mol. The van der Waals surface area contributed by atoms with Gasteiger partial charge in [0.1, 0.15) is 11.9 Å². The Balaban J connectivity index is 1.21. The largest absolute Gasteiger partial charge is 0.480 e. The van der Waals surface area contributed by atoms with E-state index in [1.165, 1.54) is 5.56 Å². The third kappa shape index (κ3) is 6.68. The predicted molar refractivity (Wildman–Crippen MR) is 129 cm³/mol.